The standard InChI is InChI=1S/C11H18N2.2C2H6/c1-3-13(4-2)9-10-5-7-11(12)8-6-10;2*1-2/h5-8H,3-4,9,12H2,1-2H3;2*1-2H3. The molecule has 2 heteroatoms. The molecule has 0 atom stereocenters. The highest BCUT2D eigenvalue weighted by molar-refractivity contribution is 5.39. The number of benzene rings is 1. The van der Waals surface area contributed by atoms with Crippen LogP contribution in [0.1, 0.15) is 47.1 Å². The average molecular weight is 238 g/mol. The second kappa shape index (κ2) is 13.0. The van der Waals surface area contributed by atoms with Gasteiger partial charge >= 0.3 is 0 Å². The number of hydrogen-bond donors (Lipinski definition) is 1. The van der Waals surface area contributed by atoms with Crippen molar-refractivity contribution in [3.05, 3.63) is 29.8 Å². The Bertz CT molecular complexity index is 238. The molecule has 0 aliphatic rings. The van der Waals surface area contributed by atoms with E-state index in [4.69, 9.17) is 5.73 Å². The Morgan fingerprint density at radius 2 is 1.29 bits per heavy atom. The predicted molar refractivity (Wildman–Crippen MR) is 80.2 cm³/mol. The van der Waals surface area contributed by atoms with Crippen molar-refractivity contribution in [2.75, 3.05) is 18.8 Å². The van der Waals surface area contributed by atoms with Crippen molar-refractivity contribution in [1.82, 2.24) is 4.90 Å². The highest BCUT2D eigenvalue weighted by atomic mass is 15.1. The van der Waals surface area contributed by atoms with Gasteiger partial charge in [0.15, 0.2) is 0 Å². The van der Waals surface area contributed by atoms with Crippen LogP contribution in [0.15, 0.2) is 24.3 Å². The first kappa shape index (κ1) is 18.3. The fourth-order valence-corrected chi connectivity index (χ4v) is 1.33. The Morgan fingerprint density at radius 1 is 0.882 bits per heavy atom. The van der Waals surface area contributed by atoms with E-state index in [0.717, 1.165) is 25.3 Å². The Balaban J connectivity index is 0. The molecule has 17 heavy (non-hydrogen) atoms. The molecule has 0 aliphatic carbocycles. The van der Waals surface area contributed by atoms with Crippen molar-refractivity contribution < 1.29 is 0 Å². The third-order valence-corrected chi connectivity index (χ3v) is 2.28. The molecule has 1 aromatic rings. The minimum absolute atomic E-state index is 0.836. The van der Waals surface area contributed by atoms with Crippen LogP contribution in [0.5, 0.6) is 0 Å². The summed E-state index contributed by atoms with van der Waals surface area (Å²) in [6.45, 7) is 15.6. The third kappa shape index (κ3) is 8.75. The molecule has 0 bridgehead atoms. The molecule has 1 rings (SSSR count). The molecule has 0 unspecified atom stereocenters. The minimum Gasteiger partial charge on any atom is -0.399 e. The zero-order chi connectivity index (χ0) is 13.7. The van der Waals surface area contributed by atoms with Gasteiger partial charge in [0.2, 0.25) is 0 Å². The van der Waals surface area contributed by atoms with Crippen LogP contribution in [0.3, 0.4) is 0 Å². The maximum Gasteiger partial charge on any atom is 0.0314 e. The SMILES string of the molecule is CC.CC.CCN(CC)Cc1ccc(N)cc1. The number of hydrogen-bond acceptors (Lipinski definition) is 2. The number of nitrogen functional groups attached to an aromatic ring is 1. The zero-order valence-corrected chi connectivity index (χ0v) is 12.5. The monoisotopic (exact) mass is 238 g/mol. The minimum atomic E-state index is 0.836. The number of nitrogens with two attached hydrogens (primary N) is 1. The maximum atomic E-state index is 5.61. The van der Waals surface area contributed by atoms with Gasteiger partial charge in [0, 0.05) is 12.2 Å². The van der Waals surface area contributed by atoms with Crippen molar-refractivity contribution >= 4 is 5.69 Å². The topological polar surface area (TPSA) is 29.3 Å². The van der Waals surface area contributed by atoms with Crippen LogP contribution in [0.2, 0.25) is 0 Å². The first-order chi connectivity index (χ1) is 8.26. The van der Waals surface area contributed by atoms with E-state index in [0.29, 0.717) is 0 Å². The van der Waals surface area contributed by atoms with Crippen molar-refractivity contribution in [2.45, 2.75) is 48.1 Å². The van der Waals surface area contributed by atoms with Crippen molar-refractivity contribution in [3.8, 4) is 0 Å². The Hall–Kier alpha value is -1.02. The van der Waals surface area contributed by atoms with Crippen molar-refractivity contribution in [3.63, 3.8) is 0 Å². The summed E-state index contributed by atoms with van der Waals surface area (Å²) in [6, 6.07) is 8.10. The molecule has 2 N–H and O–H groups in total. The second-order valence-electron chi connectivity index (χ2n) is 3.20. The van der Waals surface area contributed by atoms with Crippen molar-refractivity contribution in [1.29, 1.82) is 0 Å². The van der Waals surface area contributed by atoms with Gasteiger partial charge in [0.25, 0.3) is 0 Å². The Labute approximate surface area is 108 Å². The molecule has 0 heterocycles. The van der Waals surface area contributed by atoms with Gasteiger partial charge in [-0.1, -0.05) is 53.7 Å². The molecule has 2 nitrogen and oxygen atoms in total. The van der Waals surface area contributed by atoms with Gasteiger partial charge in [0.05, 0.1) is 0 Å². The molecule has 0 saturated heterocycles. The molecule has 0 spiro atoms. The van der Waals surface area contributed by atoms with Gasteiger partial charge in [-0.25, -0.2) is 0 Å². The van der Waals surface area contributed by atoms with Crippen LogP contribution in [-0.2, 0) is 6.54 Å². The van der Waals surface area contributed by atoms with E-state index >= 15 is 0 Å². The van der Waals surface area contributed by atoms with Crippen LogP contribution >= 0.6 is 0 Å². The third-order valence-electron chi connectivity index (χ3n) is 2.28. The lowest BCUT2D eigenvalue weighted by molar-refractivity contribution is 0.296. The molecular formula is C15H30N2. The van der Waals surface area contributed by atoms with Crippen LogP contribution in [0.4, 0.5) is 5.69 Å². The Morgan fingerprint density at radius 3 is 1.65 bits per heavy atom. The summed E-state index contributed by atoms with van der Waals surface area (Å²) < 4.78 is 0. The molecule has 0 amide bonds. The van der Waals surface area contributed by atoms with E-state index in [1.807, 2.05) is 39.8 Å². The lowest BCUT2D eigenvalue weighted by Gasteiger charge is -2.17. The molecule has 0 aromatic heterocycles. The van der Waals surface area contributed by atoms with E-state index in [1.165, 1.54) is 5.56 Å². The summed E-state index contributed by atoms with van der Waals surface area (Å²) >= 11 is 0. The second-order valence-corrected chi connectivity index (χ2v) is 3.20. The fourth-order valence-electron chi connectivity index (χ4n) is 1.33. The summed E-state index contributed by atoms with van der Waals surface area (Å²) in [4.78, 5) is 2.38. The first-order valence-corrected chi connectivity index (χ1v) is 6.83. The molecule has 0 saturated carbocycles. The first-order valence-electron chi connectivity index (χ1n) is 6.83. The van der Waals surface area contributed by atoms with Gasteiger partial charge in [-0.15, -0.1) is 0 Å². The summed E-state index contributed by atoms with van der Waals surface area (Å²) in [5, 5.41) is 0. The zero-order valence-electron chi connectivity index (χ0n) is 12.5. The lowest BCUT2D eigenvalue weighted by atomic mass is 10.2. The molecule has 0 fully saturated rings. The summed E-state index contributed by atoms with van der Waals surface area (Å²) in [5.74, 6) is 0. The van der Waals surface area contributed by atoms with Crippen LogP contribution in [-0.4, -0.2) is 18.0 Å². The average Bonchev–Trinajstić information content (AvgIpc) is 2.42. The number of rotatable bonds is 4. The fraction of sp³-hybridized carbons (Fsp3) is 0.600. The van der Waals surface area contributed by atoms with Gasteiger partial charge in [-0.05, 0) is 30.8 Å². The van der Waals surface area contributed by atoms with E-state index < -0.39 is 0 Å². The Kier molecular flexibility index (Phi) is 14.1. The van der Waals surface area contributed by atoms with E-state index in [2.05, 4.69) is 30.9 Å². The van der Waals surface area contributed by atoms with E-state index in [-0.39, 0.29) is 0 Å². The smallest absolute Gasteiger partial charge is 0.0314 e. The van der Waals surface area contributed by atoms with Gasteiger partial charge in [-0.2, -0.15) is 0 Å². The maximum absolute atomic E-state index is 5.61. The lowest BCUT2D eigenvalue weighted by Crippen LogP contribution is -2.21. The van der Waals surface area contributed by atoms with Crippen LogP contribution in [0.25, 0.3) is 0 Å². The molecule has 100 valence electrons. The van der Waals surface area contributed by atoms with E-state index in [1.54, 1.807) is 0 Å². The van der Waals surface area contributed by atoms with Crippen molar-refractivity contribution in [2.24, 2.45) is 0 Å². The summed E-state index contributed by atoms with van der Waals surface area (Å²) in [6.07, 6.45) is 0. The normalized spacial score (nSPS) is 8.88. The van der Waals surface area contributed by atoms with E-state index in [9.17, 15) is 0 Å². The largest absolute Gasteiger partial charge is 0.399 e. The molecule has 0 aliphatic heterocycles. The molecular weight excluding hydrogens is 208 g/mol. The summed E-state index contributed by atoms with van der Waals surface area (Å²) in [5.41, 5.74) is 7.78. The highest BCUT2D eigenvalue weighted by Gasteiger charge is 1.99. The van der Waals surface area contributed by atoms with Gasteiger partial charge in [-0.3, -0.25) is 4.90 Å². The quantitative estimate of drug-likeness (QED) is 0.798. The molecule has 0 radical (unpaired) electrons. The number of anilines is 1. The van der Waals surface area contributed by atoms with Gasteiger partial charge < -0.3 is 5.73 Å². The van der Waals surface area contributed by atoms with Gasteiger partial charge in [0.1, 0.15) is 0 Å². The predicted octanol–water partition coefficient (Wildman–Crippen LogP) is 4.16. The molecule has 1 aromatic carbocycles. The summed E-state index contributed by atoms with van der Waals surface area (Å²) in [7, 11) is 0. The van der Waals surface area contributed by atoms with Crippen LogP contribution in [0, 0.1) is 0 Å². The van der Waals surface area contributed by atoms with Crippen LogP contribution < -0.4 is 5.73 Å². The highest BCUT2D eigenvalue weighted by Crippen LogP contribution is 2.07. The number of nitrogens with zero attached hydrogens (tertiary/aromatic N) is 1.